The van der Waals surface area contributed by atoms with E-state index in [2.05, 4.69) is 41.5 Å². The lowest BCUT2D eigenvalue weighted by molar-refractivity contribution is 0.102. The summed E-state index contributed by atoms with van der Waals surface area (Å²) in [6, 6.07) is 9.23. The highest BCUT2D eigenvalue weighted by Crippen LogP contribution is 2.27. The molecule has 0 aliphatic heterocycles. The molecule has 0 fully saturated rings. The summed E-state index contributed by atoms with van der Waals surface area (Å²) in [5.41, 5.74) is 2.80. The van der Waals surface area contributed by atoms with Gasteiger partial charge in [-0.05, 0) is 46.6 Å². The molecule has 5 rings (SSSR count). The van der Waals surface area contributed by atoms with Crippen molar-refractivity contribution in [2.24, 2.45) is 0 Å². The number of aryl methyl sites for hydroxylation is 1. The van der Waals surface area contributed by atoms with Gasteiger partial charge in [0.1, 0.15) is 11.5 Å². The van der Waals surface area contributed by atoms with E-state index in [-0.39, 0.29) is 5.69 Å². The molecule has 0 radical (unpaired) electrons. The summed E-state index contributed by atoms with van der Waals surface area (Å²) in [6.45, 7) is 3.05. The zero-order valence-corrected chi connectivity index (χ0v) is 20.1. The van der Waals surface area contributed by atoms with Gasteiger partial charge >= 0.3 is 0 Å². The monoisotopic (exact) mass is 542 g/mol. The molecule has 0 unspecified atom stereocenters. The fraction of sp³-hybridized carbons (Fsp3) is 0.136. The van der Waals surface area contributed by atoms with Crippen LogP contribution in [0.5, 0.6) is 0 Å². The first-order chi connectivity index (χ1) is 16.4. The van der Waals surface area contributed by atoms with Gasteiger partial charge in [-0.2, -0.15) is 15.3 Å². The Morgan fingerprint density at radius 2 is 2.00 bits per heavy atom. The van der Waals surface area contributed by atoms with Crippen molar-refractivity contribution in [3.05, 3.63) is 81.6 Å². The first kappa shape index (κ1) is 22.2. The van der Waals surface area contributed by atoms with Crippen LogP contribution in [-0.2, 0) is 13.1 Å². The molecule has 1 aromatic carbocycles. The summed E-state index contributed by atoms with van der Waals surface area (Å²) in [7, 11) is 0. The van der Waals surface area contributed by atoms with Gasteiger partial charge in [-0.15, -0.1) is 0 Å². The standard InChI is InChI=1S/C22H17BrClFN8O/c1-2-31-12-15(23)21(30-31)18-5-7-26-20-10-17(28-33(18)20)22(34)27-19-6-8-32(29-19)11-13-3-4-14(25)9-16(13)24/h3-10,12H,2,11H2,1H3,(H,27,29,34). The van der Waals surface area contributed by atoms with Crippen molar-refractivity contribution in [1.82, 2.24) is 34.2 Å². The normalized spacial score (nSPS) is 11.3. The van der Waals surface area contributed by atoms with Crippen molar-refractivity contribution >= 4 is 44.9 Å². The third-order valence-corrected chi connectivity index (χ3v) is 6.04. The number of aromatic nitrogens is 7. The minimum Gasteiger partial charge on any atom is -0.304 e. The SMILES string of the molecule is CCn1cc(Br)c(-c2ccnc3cc(C(=O)Nc4ccn(Cc5ccc(F)cc5Cl)n4)nn23)n1. The van der Waals surface area contributed by atoms with Crippen molar-refractivity contribution in [3.8, 4) is 11.4 Å². The Balaban J connectivity index is 1.37. The highest BCUT2D eigenvalue weighted by Gasteiger charge is 2.18. The first-order valence-electron chi connectivity index (χ1n) is 10.3. The summed E-state index contributed by atoms with van der Waals surface area (Å²) in [6.07, 6.45) is 5.22. The fourth-order valence-electron chi connectivity index (χ4n) is 3.44. The van der Waals surface area contributed by atoms with Crippen LogP contribution in [0, 0.1) is 5.82 Å². The smallest absolute Gasteiger partial charge is 0.277 e. The number of amides is 1. The number of hydrogen-bond donors (Lipinski definition) is 1. The fourth-order valence-corrected chi connectivity index (χ4v) is 4.19. The molecule has 12 heteroatoms. The first-order valence-corrected chi connectivity index (χ1v) is 11.4. The quantitative estimate of drug-likeness (QED) is 0.336. The number of anilines is 1. The molecular formula is C22H17BrClFN8O. The Hall–Kier alpha value is -3.57. The molecule has 4 heterocycles. The van der Waals surface area contributed by atoms with Crippen LogP contribution < -0.4 is 5.32 Å². The Bertz CT molecular complexity index is 1520. The summed E-state index contributed by atoms with van der Waals surface area (Å²) in [4.78, 5) is 17.2. The maximum Gasteiger partial charge on any atom is 0.277 e. The van der Waals surface area contributed by atoms with Gasteiger partial charge in [0.05, 0.1) is 16.7 Å². The van der Waals surface area contributed by atoms with Crippen LogP contribution in [0.15, 0.2) is 59.5 Å². The van der Waals surface area contributed by atoms with Crippen LogP contribution in [0.3, 0.4) is 0 Å². The average molecular weight is 544 g/mol. The van der Waals surface area contributed by atoms with Gasteiger partial charge in [-0.25, -0.2) is 13.9 Å². The molecule has 0 saturated heterocycles. The Morgan fingerprint density at radius 3 is 2.76 bits per heavy atom. The van der Waals surface area contributed by atoms with Gasteiger partial charge in [-0.1, -0.05) is 17.7 Å². The number of fused-ring (bicyclic) bond motifs is 1. The highest BCUT2D eigenvalue weighted by molar-refractivity contribution is 9.10. The van der Waals surface area contributed by atoms with E-state index in [1.807, 2.05) is 13.1 Å². The minimum absolute atomic E-state index is 0.183. The van der Waals surface area contributed by atoms with Crippen LogP contribution >= 0.6 is 27.5 Å². The predicted molar refractivity (Wildman–Crippen MR) is 128 cm³/mol. The van der Waals surface area contributed by atoms with Gasteiger partial charge in [0.2, 0.25) is 0 Å². The van der Waals surface area contributed by atoms with E-state index >= 15 is 0 Å². The van der Waals surface area contributed by atoms with E-state index in [0.29, 0.717) is 40.0 Å². The molecule has 0 bridgehead atoms. The van der Waals surface area contributed by atoms with Crippen LogP contribution in [-0.4, -0.2) is 40.1 Å². The Labute approximate surface area is 206 Å². The van der Waals surface area contributed by atoms with Crippen molar-refractivity contribution < 1.29 is 9.18 Å². The Morgan fingerprint density at radius 1 is 1.15 bits per heavy atom. The second-order valence-corrected chi connectivity index (χ2v) is 8.66. The van der Waals surface area contributed by atoms with Gasteiger partial charge in [0.15, 0.2) is 17.2 Å². The van der Waals surface area contributed by atoms with Crippen LogP contribution in [0.1, 0.15) is 23.0 Å². The lowest BCUT2D eigenvalue weighted by atomic mass is 10.2. The maximum atomic E-state index is 13.3. The van der Waals surface area contributed by atoms with E-state index in [0.717, 1.165) is 11.0 Å². The second kappa shape index (κ2) is 8.99. The molecule has 5 aromatic rings. The van der Waals surface area contributed by atoms with E-state index in [4.69, 9.17) is 11.6 Å². The zero-order chi connectivity index (χ0) is 23.8. The summed E-state index contributed by atoms with van der Waals surface area (Å²) in [5, 5.41) is 16.4. The maximum absolute atomic E-state index is 13.3. The van der Waals surface area contributed by atoms with Crippen LogP contribution in [0.2, 0.25) is 5.02 Å². The molecule has 4 aromatic heterocycles. The number of carbonyl (C=O) groups is 1. The highest BCUT2D eigenvalue weighted by atomic mass is 79.9. The number of hydrogen-bond acceptors (Lipinski definition) is 5. The molecule has 0 aliphatic rings. The van der Waals surface area contributed by atoms with Crippen molar-refractivity contribution in [2.45, 2.75) is 20.0 Å². The third kappa shape index (κ3) is 4.31. The van der Waals surface area contributed by atoms with Crippen molar-refractivity contribution in [1.29, 1.82) is 0 Å². The largest absolute Gasteiger partial charge is 0.304 e. The van der Waals surface area contributed by atoms with E-state index in [9.17, 15) is 9.18 Å². The molecular weight excluding hydrogens is 527 g/mol. The lowest BCUT2D eigenvalue weighted by Crippen LogP contribution is -2.14. The molecule has 9 nitrogen and oxygen atoms in total. The van der Waals surface area contributed by atoms with Gasteiger partial charge in [-0.3, -0.25) is 14.2 Å². The molecule has 0 atom stereocenters. The molecule has 1 amide bonds. The topological polar surface area (TPSA) is 94.9 Å². The summed E-state index contributed by atoms with van der Waals surface area (Å²) >= 11 is 9.62. The second-order valence-electron chi connectivity index (χ2n) is 7.40. The number of carbonyl (C=O) groups excluding carboxylic acids is 1. The number of nitrogens with one attached hydrogen (secondary N) is 1. The van der Waals surface area contributed by atoms with E-state index < -0.39 is 11.7 Å². The average Bonchev–Trinajstić information content (AvgIpc) is 3.53. The minimum atomic E-state index is -0.431. The van der Waals surface area contributed by atoms with E-state index in [1.165, 1.54) is 12.1 Å². The predicted octanol–water partition coefficient (Wildman–Crippen LogP) is 4.66. The molecule has 0 spiro atoms. The molecule has 1 N–H and O–H groups in total. The van der Waals surface area contributed by atoms with E-state index in [1.54, 1.807) is 50.5 Å². The van der Waals surface area contributed by atoms with Crippen molar-refractivity contribution in [3.63, 3.8) is 0 Å². The molecule has 0 aliphatic carbocycles. The molecule has 172 valence electrons. The van der Waals surface area contributed by atoms with Gasteiger partial charge < -0.3 is 5.32 Å². The molecule has 0 saturated carbocycles. The Kier molecular flexibility index (Phi) is 5.88. The lowest BCUT2D eigenvalue weighted by Gasteiger charge is -2.05. The van der Waals surface area contributed by atoms with Gasteiger partial charge in [0.25, 0.3) is 5.91 Å². The number of halogens is 3. The zero-order valence-electron chi connectivity index (χ0n) is 17.8. The summed E-state index contributed by atoms with van der Waals surface area (Å²) in [5.74, 6) is -0.490. The summed E-state index contributed by atoms with van der Waals surface area (Å²) < 4.78 is 19.1. The van der Waals surface area contributed by atoms with Crippen LogP contribution in [0.4, 0.5) is 10.2 Å². The molecule has 34 heavy (non-hydrogen) atoms. The third-order valence-electron chi connectivity index (χ3n) is 5.10. The number of nitrogens with zero attached hydrogens (tertiary/aromatic N) is 7. The van der Waals surface area contributed by atoms with Crippen LogP contribution in [0.25, 0.3) is 17.0 Å². The van der Waals surface area contributed by atoms with Gasteiger partial charge in [0, 0.05) is 42.3 Å². The number of rotatable bonds is 6. The number of benzene rings is 1. The van der Waals surface area contributed by atoms with Crippen molar-refractivity contribution in [2.75, 3.05) is 5.32 Å².